The molecule has 3 aromatic rings. The van der Waals surface area contributed by atoms with E-state index < -0.39 is 5.92 Å². The van der Waals surface area contributed by atoms with Crippen LogP contribution in [-0.2, 0) is 9.53 Å². The van der Waals surface area contributed by atoms with Gasteiger partial charge in [0, 0.05) is 15.6 Å². The maximum Gasteiger partial charge on any atom is 0.318 e. The number of carbonyl (C=O) groups excluding carboxylic acids is 1. The molecular formula is C22H17BrO4. The number of fused-ring (bicyclic) bond motifs is 2. The average Bonchev–Trinajstić information content (AvgIpc) is 2.69. The summed E-state index contributed by atoms with van der Waals surface area (Å²) in [6, 6.07) is 22.6. The fourth-order valence-corrected chi connectivity index (χ4v) is 3.48. The SMILES string of the molecule is O=C(OCCOc1cccc(Br)c1)C1c2ccccc2Oc2ccccc21. The lowest BCUT2D eigenvalue weighted by Gasteiger charge is -2.26. The van der Waals surface area contributed by atoms with E-state index in [9.17, 15) is 4.79 Å². The van der Waals surface area contributed by atoms with Crippen LogP contribution in [0, 0.1) is 0 Å². The molecule has 27 heavy (non-hydrogen) atoms. The van der Waals surface area contributed by atoms with Crippen LogP contribution in [0.1, 0.15) is 17.0 Å². The van der Waals surface area contributed by atoms with Crippen LogP contribution in [0.4, 0.5) is 0 Å². The second kappa shape index (κ2) is 7.84. The Morgan fingerprint density at radius 1 is 0.889 bits per heavy atom. The van der Waals surface area contributed by atoms with Crippen molar-refractivity contribution in [3.63, 3.8) is 0 Å². The van der Waals surface area contributed by atoms with Crippen molar-refractivity contribution in [3.8, 4) is 17.2 Å². The molecule has 0 N–H and O–H groups in total. The van der Waals surface area contributed by atoms with Crippen LogP contribution in [0.15, 0.2) is 77.3 Å². The van der Waals surface area contributed by atoms with E-state index in [0.29, 0.717) is 11.5 Å². The molecule has 0 aliphatic carbocycles. The summed E-state index contributed by atoms with van der Waals surface area (Å²) in [6.45, 7) is 0.460. The van der Waals surface area contributed by atoms with E-state index in [-0.39, 0.29) is 19.2 Å². The van der Waals surface area contributed by atoms with E-state index in [2.05, 4.69) is 15.9 Å². The van der Waals surface area contributed by atoms with Gasteiger partial charge >= 0.3 is 5.97 Å². The number of ether oxygens (including phenoxy) is 3. The Labute approximate surface area is 165 Å². The lowest BCUT2D eigenvalue weighted by atomic mass is 9.88. The first kappa shape index (κ1) is 17.6. The summed E-state index contributed by atoms with van der Waals surface area (Å²) in [5.41, 5.74) is 1.63. The molecule has 0 spiro atoms. The van der Waals surface area contributed by atoms with Crippen LogP contribution in [0.3, 0.4) is 0 Å². The van der Waals surface area contributed by atoms with E-state index in [4.69, 9.17) is 14.2 Å². The third-order valence-electron chi connectivity index (χ3n) is 4.31. The van der Waals surface area contributed by atoms with E-state index in [1.54, 1.807) is 0 Å². The summed E-state index contributed by atoms with van der Waals surface area (Å²) in [5.74, 6) is 1.28. The second-order valence-corrected chi connectivity index (χ2v) is 7.00. The van der Waals surface area contributed by atoms with Gasteiger partial charge in [-0.2, -0.15) is 0 Å². The third kappa shape index (κ3) is 3.83. The van der Waals surface area contributed by atoms with Crippen molar-refractivity contribution >= 4 is 21.9 Å². The fraction of sp³-hybridized carbons (Fsp3) is 0.136. The highest BCUT2D eigenvalue weighted by molar-refractivity contribution is 9.10. The monoisotopic (exact) mass is 424 g/mol. The summed E-state index contributed by atoms with van der Waals surface area (Å²) in [6.07, 6.45) is 0. The molecule has 4 rings (SSSR count). The summed E-state index contributed by atoms with van der Waals surface area (Å²) in [7, 11) is 0. The molecule has 0 amide bonds. The van der Waals surface area contributed by atoms with Crippen molar-refractivity contribution in [2.24, 2.45) is 0 Å². The van der Waals surface area contributed by atoms with Crippen molar-refractivity contribution in [1.29, 1.82) is 0 Å². The maximum absolute atomic E-state index is 12.8. The second-order valence-electron chi connectivity index (χ2n) is 6.08. The van der Waals surface area contributed by atoms with E-state index in [1.165, 1.54) is 0 Å². The van der Waals surface area contributed by atoms with Gasteiger partial charge in [0.2, 0.25) is 0 Å². The zero-order valence-corrected chi connectivity index (χ0v) is 16.0. The van der Waals surface area contributed by atoms with Crippen LogP contribution in [0.2, 0.25) is 0 Å². The van der Waals surface area contributed by atoms with Gasteiger partial charge in [-0.25, -0.2) is 0 Å². The Hall–Kier alpha value is -2.79. The van der Waals surface area contributed by atoms with E-state index >= 15 is 0 Å². The number of para-hydroxylation sites is 2. The van der Waals surface area contributed by atoms with Gasteiger partial charge in [0.05, 0.1) is 0 Å². The van der Waals surface area contributed by atoms with Crippen LogP contribution in [0.5, 0.6) is 17.2 Å². The minimum Gasteiger partial charge on any atom is -0.490 e. The molecular weight excluding hydrogens is 408 g/mol. The number of hydrogen-bond acceptors (Lipinski definition) is 4. The first-order chi connectivity index (χ1) is 13.2. The van der Waals surface area contributed by atoms with Gasteiger partial charge in [0.15, 0.2) is 0 Å². The van der Waals surface area contributed by atoms with Gasteiger partial charge in [0.25, 0.3) is 0 Å². The van der Waals surface area contributed by atoms with Crippen molar-refractivity contribution in [1.82, 2.24) is 0 Å². The Morgan fingerprint density at radius 2 is 1.56 bits per heavy atom. The first-order valence-corrected chi connectivity index (χ1v) is 9.42. The Kier molecular flexibility index (Phi) is 5.12. The maximum atomic E-state index is 12.8. The molecule has 0 saturated carbocycles. The number of benzene rings is 3. The molecule has 0 bridgehead atoms. The molecule has 0 radical (unpaired) electrons. The van der Waals surface area contributed by atoms with E-state index in [0.717, 1.165) is 21.3 Å². The average molecular weight is 425 g/mol. The van der Waals surface area contributed by atoms with E-state index in [1.807, 2.05) is 72.8 Å². The molecule has 0 atom stereocenters. The minimum atomic E-state index is -0.503. The smallest absolute Gasteiger partial charge is 0.318 e. The predicted molar refractivity (Wildman–Crippen MR) is 105 cm³/mol. The summed E-state index contributed by atoms with van der Waals surface area (Å²) < 4.78 is 18.0. The Balaban J connectivity index is 1.45. The number of esters is 1. The normalized spacial score (nSPS) is 12.5. The fourth-order valence-electron chi connectivity index (χ4n) is 3.11. The lowest BCUT2D eigenvalue weighted by molar-refractivity contribution is -0.145. The largest absolute Gasteiger partial charge is 0.490 e. The molecule has 0 aromatic heterocycles. The highest BCUT2D eigenvalue weighted by Crippen LogP contribution is 2.44. The number of rotatable bonds is 5. The summed E-state index contributed by atoms with van der Waals surface area (Å²) in [5, 5.41) is 0. The molecule has 136 valence electrons. The highest BCUT2D eigenvalue weighted by atomic mass is 79.9. The van der Waals surface area contributed by atoms with Crippen LogP contribution >= 0.6 is 15.9 Å². The quantitative estimate of drug-likeness (QED) is 0.411. The summed E-state index contributed by atoms with van der Waals surface area (Å²) >= 11 is 3.40. The molecule has 1 heterocycles. The van der Waals surface area contributed by atoms with Crippen LogP contribution < -0.4 is 9.47 Å². The number of hydrogen-bond donors (Lipinski definition) is 0. The van der Waals surface area contributed by atoms with Gasteiger partial charge in [-0.3, -0.25) is 4.79 Å². The van der Waals surface area contributed by atoms with Gasteiger partial charge in [-0.15, -0.1) is 0 Å². The highest BCUT2D eigenvalue weighted by Gasteiger charge is 2.33. The first-order valence-electron chi connectivity index (χ1n) is 8.63. The van der Waals surface area contributed by atoms with Crippen molar-refractivity contribution in [2.45, 2.75) is 5.92 Å². The standard InChI is InChI=1S/C22H17BrO4/c23-15-6-5-7-16(14-15)25-12-13-26-22(24)21-17-8-1-3-10-19(17)27-20-11-4-2-9-18(20)21/h1-11,14,21H,12-13H2. The molecule has 3 aromatic carbocycles. The zero-order chi connectivity index (χ0) is 18.6. The number of halogens is 1. The molecule has 4 nitrogen and oxygen atoms in total. The van der Waals surface area contributed by atoms with Crippen LogP contribution in [-0.4, -0.2) is 19.2 Å². The van der Waals surface area contributed by atoms with Crippen molar-refractivity contribution in [3.05, 3.63) is 88.4 Å². The Bertz CT molecular complexity index is 924. The third-order valence-corrected chi connectivity index (χ3v) is 4.80. The van der Waals surface area contributed by atoms with Gasteiger partial charge in [-0.1, -0.05) is 58.4 Å². The molecule has 0 unspecified atom stereocenters. The van der Waals surface area contributed by atoms with Gasteiger partial charge in [-0.05, 0) is 30.3 Å². The van der Waals surface area contributed by atoms with Crippen LogP contribution in [0.25, 0.3) is 0 Å². The minimum absolute atomic E-state index is 0.174. The predicted octanol–water partition coefficient (Wildman–Crippen LogP) is 5.31. The Morgan fingerprint density at radius 3 is 2.22 bits per heavy atom. The van der Waals surface area contributed by atoms with Crippen molar-refractivity contribution < 1.29 is 19.0 Å². The molecule has 0 fully saturated rings. The summed E-state index contributed by atoms with van der Waals surface area (Å²) in [4.78, 5) is 12.8. The lowest BCUT2D eigenvalue weighted by Crippen LogP contribution is -2.23. The molecule has 5 heteroatoms. The van der Waals surface area contributed by atoms with Crippen molar-refractivity contribution in [2.75, 3.05) is 13.2 Å². The number of carbonyl (C=O) groups is 1. The zero-order valence-electron chi connectivity index (χ0n) is 14.4. The van der Waals surface area contributed by atoms with Gasteiger partial charge < -0.3 is 14.2 Å². The van der Waals surface area contributed by atoms with Gasteiger partial charge in [0.1, 0.15) is 36.4 Å². The molecule has 1 aliphatic rings. The molecule has 0 saturated heterocycles. The molecule has 1 aliphatic heterocycles. The topological polar surface area (TPSA) is 44.8 Å².